The van der Waals surface area contributed by atoms with Gasteiger partial charge in [0.2, 0.25) is 5.91 Å². The smallest absolute Gasteiger partial charge is 0.408 e. The predicted molar refractivity (Wildman–Crippen MR) is 75.7 cm³/mol. The molecule has 0 spiro atoms. The number of hydrogen-bond donors (Lipinski definition) is 3. The van der Waals surface area contributed by atoms with Gasteiger partial charge in [-0.25, -0.2) is 4.79 Å². The van der Waals surface area contributed by atoms with E-state index >= 15 is 0 Å². The molecule has 1 aromatic carbocycles. The third kappa shape index (κ3) is 2.91. The molecule has 1 aliphatic rings. The average Bonchev–Trinajstić information content (AvgIpc) is 2.79. The molecular formula is C14H17N3O3. The van der Waals surface area contributed by atoms with Gasteiger partial charge in [-0.3, -0.25) is 9.78 Å². The first kappa shape index (κ1) is 12.9. The number of benzene rings is 1. The maximum absolute atomic E-state index is 12.0. The van der Waals surface area contributed by atoms with Crippen molar-refractivity contribution in [2.45, 2.75) is 19.3 Å². The monoisotopic (exact) mass is 275 g/mol. The average molecular weight is 275 g/mol. The van der Waals surface area contributed by atoms with E-state index in [1.807, 2.05) is 0 Å². The number of carbonyl (C=O) groups excluding carboxylic acids is 1. The minimum atomic E-state index is -0.488. The molecule has 1 saturated heterocycles. The van der Waals surface area contributed by atoms with E-state index in [1.54, 1.807) is 18.2 Å². The fourth-order valence-corrected chi connectivity index (χ4v) is 2.59. The van der Waals surface area contributed by atoms with Gasteiger partial charge in [0, 0.05) is 12.1 Å². The number of anilines is 1. The summed E-state index contributed by atoms with van der Waals surface area (Å²) >= 11 is 0. The van der Waals surface area contributed by atoms with E-state index in [-0.39, 0.29) is 5.91 Å². The molecule has 0 saturated carbocycles. The fourth-order valence-electron chi connectivity index (χ4n) is 2.59. The molecule has 0 unspecified atom stereocenters. The second-order valence-electron chi connectivity index (χ2n) is 5.17. The van der Waals surface area contributed by atoms with E-state index in [0.717, 1.165) is 25.9 Å². The van der Waals surface area contributed by atoms with Gasteiger partial charge in [0.25, 0.3) is 0 Å². The van der Waals surface area contributed by atoms with Gasteiger partial charge in [-0.2, -0.15) is 0 Å². The molecule has 2 heterocycles. The normalized spacial score (nSPS) is 16.4. The lowest BCUT2D eigenvalue weighted by Crippen LogP contribution is -2.30. The molecule has 1 amide bonds. The summed E-state index contributed by atoms with van der Waals surface area (Å²) in [5, 5.41) is 6.15. The standard InChI is InChI=1S/C14H17N3O3/c18-13(7-9-3-5-15-6-4-9)16-10-1-2-12-11(8-10)17-14(19)20-12/h1-2,8-9,15H,3-7H2,(H,16,18)(H,17,19). The van der Waals surface area contributed by atoms with E-state index < -0.39 is 5.76 Å². The minimum Gasteiger partial charge on any atom is -0.408 e. The first-order valence-electron chi connectivity index (χ1n) is 6.84. The van der Waals surface area contributed by atoms with Crippen LogP contribution in [0.15, 0.2) is 27.4 Å². The zero-order chi connectivity index (χ0) is 13.9. The van der Waals surface area contributed by atoms with Crippen molar-refractivity contribution in [1.29, 1.82) is 0 Å². The van der Waals surface area contributed by atoms with Crippen molar-refractivity contribution in [3.05, 3.63) is 28.7 Å². The Kier molecular flexibility index (Phi) is 3.56. The van der Waals surface area contributed by atoms with Crippen molar-refractivity contribution in [3.8, 4) is 0 Å². The number of fused-ring (bicyclic) bond motifs is 1. The number of nitrogens with one attached hydrogen (secondary N) is 3. The number of amides is 1. The van der Waals surface area contributed by atoms with Crippen molar-refractivity contribution in [2.24, 2.45) is 5.92 Å². The molecule has 106 valence electrons. The van der Waals surface area contributed by atoms with Gasteiger partial charge in [0.05, 0.1) is 5.52 Å². The molecule has 1 aromatic heterocycles. The highest BCUT2D eigenvalue weighted by Crippen LogP contribution is 2.19. The number of aromatic nitrogens is 1. The molecule has 2 aromatic rings. The molecule has 1 fully saturated rings. The van der Waals surface area contributed by atoms with Crippen molar-refractivity contribution < 1.29 is 9.21 Å². The zero-order valence-electron chi connectivity index (χ0n) is 11.1. The van der Waals surface area contributed by atoms with E-state index in [2.05, 4.69) is 15.6 Å². The van der Waals surface area contributed by atoms with Crippen molar-refractivity contribution in [1.82, 2.24) is 10.3 Å². The molecule has 6 nitrogen and oxygen atoms in total. The zero-order valence-corrected chi connectivity index (χ0v) is 11.1. The van der Waals surface area contributed by atoms with Crippen molar-refractivity contribution in [3.63, 3.8) is 0 Å². The first-order chi connectivity index (χ1) is 9.70. The molecule has 0 bridgehead atoms. The third-order valence-corrected chi connectivity index (χ3v) is 3.64. The number of oxazole rings is 1. The van der Waals surface area contributed by atoms with Crippen LogP contribution in [-0.4, -0.2) is 24.0 Å². The molecule has 0 radical (unpaired) electrons. The van der Waals surface area contributed by atoms with Gasteiger partial charge in [0.15, 0.2) is 5.58 Å². The Morgan fingerprint density at radius 2 is 2.15 bits per heavy atom. The second kappa shape index (κ2) is 5.50. The van der Waals surface area contributed by atoms with Crippen molar-refractivity contribution >= 4 is 22.7 Å². The molecule has 3 rings (SSSR count). The van der Waals surface area contributed by atoms with Gasteiger partial charge in [-0.15, -0.1) is 0 Å². The van der Waals surface area contributed by atoms with Crippen LogP contribution in [0, 0.1) is 5.92 Å². The Morgan fingerprint density at radius 3 is 2.95 bits per heavy atom. The summed E-state index contributed by atoms with van der Waals surface area (Å²) in [6, 6.07) is 5.12. The van der Waals surface area contributed by atoms with Gasteiger partial charge in [0.1, 0.15) is 0 Å². The number of aromatic amines is 1. The molecule has 3 N–H and O–H groups in total. The van der Waals surface area contributed by atoms with Crippen LogP contribution in [0.5, 0.6) is 0 Å². The summed E-state index contributed by atoms with van der Waals surface area (Å²) < 4.78 is 4.92. The summed E-state index contributed by atoms with van der Waals surface area (Å²) in [6.45, 7) is 1.97. The highest BCUT2D eigenvalue weighted by atomic mass is 16.4. The fraction of sp³-hybridized carbons (Fsp3) is 0.429. The molecule has 1 aliphatic heterocycles. The summed E-state index contributed by atoms with van der Waals surface area (Å²) in [4.78, 5) is 25.6. The van der Waals surface area contributed by atoms with E-state index in [4.69, 9.17) is 4.42 Å². The maximum atomic E-state index is 12.0. The quantitative estimate of drug-likeness (QED) is 0.791. The molecule has 6 heteroatoms. The van der Waals surface area contributed by atoms with Gasteiger partial charge < -0.3 is 15.1 Å². The SMILES string of the molecule is O=C(CC1CCNCC1)Nc1ccc2oc(=O)[nH]c2c1. The molecule has 0 aliphatic carbocycles. The summed E-state index contributed by atoms with van der Waals surface area (Å²) in [7, 11) is 0. The lowest BCUT2D eigenvalue weighted by molar-refractivity contribution is -0.117. The lowest BCUT2D eigenvalue weighted by Gasteiger charge is -2.21. The van der Waals surface area contributed by atoms with Crippen LogP contribution in [0.1, 0.15) is 19.3 Å². The Hall–Kier alpha value is -2.08. The molecule has 20 heavy (non-hydrogen) atoms. The highest BCUT2D eigenvalue weighted by molar-refractivity contribution is 5.92. The summed E-state index contributed by atoms with van der Waals surface area (Å²) in [5.74, 6) is -0.0195. The first-order valence-corrected chi connectivity index (χ1v) is 6.84. The van der Waals surface area contributed by atoms with Crippen LogP contribution in [-0.2, 0) is 4.79 Å². The van der Waals surface area contributed by atoms with E-state index in [0.29, 0.717) is 29.1 Å². The second-order valence-corrected chi connectivity index (χ2v) is 5.17. The Balaban J connectivity index is 1.65. The van der Waals surface area contributed by atoms with Crippen LogP contribution >= 0.6 is 0 Å². The van der Waals surface area contributed by atoms with Crippen LogP contribution in [0.3, 0.4) is 0 Å². The maximum Gasteiger partial charge on any atom is 0.417 e. The number of rotatable bonds is 3. The van der Waals surface area contributed by atoms with Crippen LogP contribution in [0.25, 0.3) is 11.1 Å². The highest BCUT2D eigenvalue weighted by Gasteiger charge is 2.16. The largest absolute Gasteiger partial charge is 0.417 e. The predicted octanol–water partition coefficient (Wildman–Crippen LogP) is 1.45. The minimum absolute atomic E-state index is 0.0158. The van der Waals surface area contributed by atoms with Gasteiger partial charge in [-0.05, 0) is 50.0 Å². The number of hydrogen-bond acceptors (Lipinski definition) is 4. The Labute approximate surface area is 115 Å². The number of piperidine rings is 1. The Morgan fingerprint density at radius 1 is 1.35 bits per heavy atom. The van der Waals surface area contributed by atoms with E-state index in [1.165, 1.54) is 0 Å². The van der Waals surface area contributed by atoms with Gasteiger partial charge in [-0.1, -0.05) is 0 Å². The van der Waals surface area contributed by atoms with Crippen LogP contribution in [0.4, 0.5) is 5.69 Å². The summed E-state index contributed by atoms with van der Waals surface area (Å²) in [6.07, 6.45) is 2.63. The topological polar surface area (TPSA) is 87.1 Å². The summed E-state index contributed by atoms with van der Waals surface area (Å²) in [5.41, 5.74) is 1.76. The van der Waals surface area contributed by atoms with Gasteiger partial charge >= 0.3 is 5.76 Å². The number of H-pyrrole nitrogens is 1. The van der Waals surface area contributed by atoms with Crippen LogP contribution < -0.4 is 16.4 Å². The van der Waals surface area contributed by atoms with Crippen molar-refractivity contribution in [2.75, 3.05) is 18.4 Å². The Bertz CT molecular complexity index is 668. The van der Waals surface area contributed by atoms with E-state index in [9.17, 15) is 9.59 Å². The molecular weight excluding hydrogens is 258 g/mol. The number of carbonyl (C=O) groups is 1. The lowest BCUT2D eigenvalue weighted by atomic mass is 9.94. The molecule has 0 atom stereocenters. The van der Waals surface area contributed by atoms with Crippen LogP contribution in [0.2, 0.25) is 0 Å². The third-order valence-electron chi connectivity index (χ3n) is 3.64.